The van der Waals surface area contributed by atoms with Crippen molar-refractivity contribution in [2.75, 3.05) is 18.1 Å². The summed E-state index contributed by atoms with van der Waals surface area (Å²) in [6.07, 6.45) is -4.49. The second-order valence-corrected chi connectivity index (χ2v) is 3.62. The fourth-order valence-electron chi connectivity index (χ4n) is 1.69. The Kier molecular flexibility index (Phi) is 2.95. The van der Waals surface area contributed by atoms with Crippen LogP contribution in [0.3, 0.4) is 0 Å². The van der Waals surface area contributed by atoms with Gasteiger partial charge in [-0.1, -0.05) is 12.1 Å². The SMILES string of the molecule is O=C(N1CCCOc2ccccc21)C(F)(F)F. The van der Waals surface area contributed by atoms with Crippen molar-refractivity contribution in [1.82, 2.24) is 0 Å². The lowest BCUT2D eigenvalue weighted by atomic mass is 10.2. The highest BCUT2D eigenvalue weighted by Crippen LogP contribution is 2.33. The number of carbonyl (C=O) groups is 1. The Labute approximate surface area is 95.8 Å². The summed E-state index contributed by atoms with van der Waals surface area (Å²) in [7, 11) is 0. The lowest BCUT2D eigenvalue weighted by Gasteiger charge is -2.22. The summed E-state index contributed by atoms with van der Waals surface area (Å²) in [5.74, 6) is -1.54. The number of rotatable bonds is 0. The molecule has 0 fully saturated rings. The van der Waals surface area contributed by atoms with Crippen molar-refractivity contribution < 1.29 is 22.7 Å². The van der Waals surface area contributed by atoms with Gasteiger partial charge >= 0.3 is 12.1 Å². The highest BCUT2D eigenvalue weighted by molar-refractivity contribution is 5.98. The molecule has 1 aromatic carbocycles. The molecule has 0 spiro atoms. The first-order chi connectivity index (χ1) is 8.00. The van der Waals surface area contributed by atoms with E-state index in [2.05, 4.69) is 0 Å². The van der Waals surface area contributed by atoms with Gasteiger partial charge < -0.3 is 9.64 Å². The van der Waals surface area contributed by atoms with E-state index in [-0.39, 0.29) is 12.2 Å². The van der Waals surface area contributed by atoms with E-state index in [0.29, 0.717) is 18.8 Å². The van der Waals surface area contributed by atoms with Crippen LogP contribution in [0.2, 0.25) is 0 Å². The summed E-state index contributed by atoms with van der Waals surface area (Å²) in [4.78, 5) is 12.0. The van der Waals surface area contributed by atoms with Crippen LogP contribution in [-0.4, -0.2) is 25.2 Å². The predicted molar refractivity (Wildman–Crippen MR) is 55.0 cm³/mol. The first-order valence-corrected chi connectivity index (χ1v) is 5.10. The van der Waals surface area contributed by atoms with Crippen LogP contribution in [0.25, 0.3) is 0 Å². The zero-order valence-corrected chi connectivity index (χ0v) is 8.83. The number of benzene rings is 1. The summed E-state index contributed by atoms with van der Waals surface area (Å²) in [5.41, 5.74) is 0.173. The minimum Gasteiger partial charge on any atom is -0.491 e. The molecule has 0 saturated heterocycles. The molecule has 0 unspecified atom stereocenters. The molecule has 0 radical (unpaired) electrons. The molecule has 6 heteroatoms. The van der Waals surface area contributed by atoms with Gasteiger partial charge in [0.1, 0.15) is 5.75 Å². The van der Waals surface area contributed by atoms with Crippen molar-refractivity contribution in [3.63, 3.8) is 0 Å². The average molecular weight is 245 g/mol. The quantitative estimate of drug-likeness (QED) is 0.702. The van der Waals surface area contributed by atoms with E-state index in [4.69, 9.17) is 4.74 Å². The standard InChI is InChI=1S/C11H10F3NO2/c12-11(13,14)10(16)15-6-3-7-17-9-5-2-1-4-8(9)15/h1-2,4-5H,3,6-7H2. The van der Waals surface area contributed by atoms with Gasteiger partial charge in [0.25, 0.3) is 0 Å². The summed E-state index contributed by atoms with van der Waals surface area (Å²) in [5, 5.41) is 0. The van der Waals surface area contributed by atoms with Crippen molar-refractivity contribution in [1.29, 1.82) is 0 Å². The molecule has 0 N–H and O–H groups in total. The number of halogens is 3. The summed E-state index contributed by atoms with van der Waals surface area (Å²) in [6.45, 7) is 0.313. The van der Waals surface area contributed by atoms with Crippen molar-refractivity contribution >= 4 is 11.6 Å². The average Bonchev–Trinajstić information content (AvgIpc) is 2.48. The lowest BCUT2D eigenvalue weighted by molar-refractivity contribution is -0.170. The number of hydrogen-bond donors (Lipinski definition) is 0. The smallest absolute Gasteiger partial charge is 0.471 e. The first-order valence-electron chi connectivity index (χ1n) is 5.10. The maximum absolute atomic E-state index is 12.4. The van der Waals surface area contributed by atoms with E-state index in [1.54, 1.807) is 18.2 Å². The van der Waals surface area contributed by atoms with Crippen LogP contribution < -0.4 is 9.64 Å². The summed E-state index contributed by atoms with van der Waals surface area (Å²) >= 11 is 0. The van der Waals surface area contributed by atoms with Crippen LogP contribution in [-0.2, 0) is 4.79 Å². The van der Waals surface area contributed by atoms with Crippen molar-refractivity contribution in [3.8, 4) is 5.75 Å². The van der Waals surface area contributed by atoms with Gasteiger partial charge in [-0.05, 0) is 18.6 Å². The topological polar surface area (TPSA) is 29.5 Å². The minimum absolute atomic E-state index is 0.00928. The van der Waals surface area contributed by atoms with E-state index in [1.165, 1.54) is 6.07 Å². The van der Waals surface area contributed by atoms with Crippen molar-refractivity contribution in [2.24, 2.45) is 0 Å². The van der Waals surface area contributed by atoms with Gasteiger partial charge in [-0.15, -0.1) is 0 Å². The normalized spacial score (nSPS) is 15.8. The fraction of sp³-hybridized carbons (Fsp3) is 0.364. The van der Waals surface area contributed by atoms with E-state index >= 15 is 0 Å². The Morgan fingerprint density at radius 3 is 2.71 bits per heavy atom. The van der Waals surface area contributed by atoms with E-state index < -0.39 is 12.1 Å². The van der Waals surface area contributed by atoms with Crippen LogP contribution in [0.5, 0.6) is 5.75 Å². The van der Waals surface area contributed by atoms with Gasteiger partial charge in [0.2, 0.25) is 0 Å². The maximum atomic E-state index is 12.4. The zero-order chi connectivity index (χ0) is 12.5. The molecule has 1 amide bonds. The van der Waals surface area contributed by atoms with Gasteiger partial charge in [0, 0.05) is 6.54 Å². The second-order valence-electron chi connectivity index (χ2n) is 3.62. The first kappa shape index (κ1) is 11.8. The van der Waals surface area contributed by atoms with Gasteiger partial charge in [-0.2, -0.15) is 13.2 Å². The Morgan fingerprint density at radius 2 is 2.00 bits per heavy atom. The molecule has 0 aliphatic carbocycles. The predicted octanol–water partition coefficient (Wildman–Crippen LogP) is 2.36. The number of hydrogen-bond acceptors (Lipinski definition) is 2. The van der Waals surface area contributed by atoms with Crippen LogP contribution in [0.4, 0.5) is 18.9 Å². The van der Waals surface area contributed by atoms with Crippen molar-refractivity contribution in [3.05, 3.63) is 24.3 Å². The Hall–Kier alpha value is -1.72. The number of ether oxygens (including phenoxy) is 1. The third kappa shape index (κ3) is 2.35. The minimum atomic E-state index is -4.86. The number of carbonyl (C=O) groups excluding carboxylic acids is 1. The van der Waals surface area contributed by atoms with Gasteiger partial charge in [-0.25, -0.2) is 0 Å². The third-order valence-corrected chi connectivity index (χ3v) is 2.43. The number of nitrogens with zero attached hydrogens (tertiary/aromatic N) is 1. The lowest BCUT2D eigenvalue weighted by Crippen LogP contribution is -2.41. The van der Waals surface area contributed by atoms with Gasteiger partial charge in [0.15, 0.2) is 0 Å². The monoisotopic (exact) mass is 245 g/mol. The molecule has 3 nitrogen and oxygen atoms in total. The molecule has 1 heterocycles. The third-order valence-electron chi connectivity index (χ3n) is 2.43. The van der Waals surface area contributed by atoms with Crippen LogP contribution in [0.15, 0.2) is 24.3 Å². The summed E-state index contributed by atoms with van der Waals surface area (Å²) < 4.78 is 42.6. The number of para-hydroxylation sites is 2. The molecule has 17 heavy (non-hydrogen) atoms. The molecule has 1 aromatic rings. The molecule has 0 bridgehead atoms. The number of anilines is 1. The molecular formula is C11H10F3NO2. The Bertz CT molecular complexity index is 431. The zero-order valence-electron chi connectivity index (χ0n) is 8.83. The summed E-state index contributed by atoms with van der Waals surface area (Å²) in [6, 6.07) is 6.23. The highest BCUT2D eigenvalue weighted by Gasteiger charge is 2.43. The fourth-order valence-corrected chi connectivity index (χ4v) is 1.69. The molecule has 1 aliphatic heterocycles. The second kappa shape index (κ2) is 4.27. The molecule has 0 saturated carbocycles. The van der Waals surface area contributed by atoms with E-state index in [0.717, 1.165) is 4.90 Å². The van der Waals surface area contributed by atoms with Gasteiger partial charge in [0.05, 0.1) is 12.3 Å². The molecule has 1 aliphatic rings. The molecule has 92 valence electrons. The molecule has 0 aromatic heterocycles. The van der Waals surface area contributed by atoms with Gasteiger partial charge in [-0.3, -0.25) is 4.79 Å². The Balaban J connectivity index is 2.38. The number of fused-ring (bicyclic) bond motifs is 1. The van der Waals surface area contributed by atoms with E-state index in [9.17, 15) is 18.0 Å². The molecular weight excluding hydrogens is 235 g/mol. The maximum Gasteiger partial charge on any atom is 0.471 e. The number of alkyl halides is 3. The van der Waals surface area contributed by atoms with Crippen LogP contribution >= 0.6 is 0 Å². The number of amides is 1. The molecule has 2 rings (SSSR count). The highest BCUT2D eigenvalue weighted by atomic mass is 19.4. The van der Waals surface area contributed by atoms with Crippen LogP contribution in [0, 0.1) is 0 Å². The van der Waals surface area contributed by atoms with Crippen molar-refractivity contribution in [2.45, 2.75) is 12.6 Å². The largest absolute Gasteiger partial charge is 0.491 e. The Morgan fingerprint density at radius 1 is 1.29 bits per heavy atom. The molecule has 0 atom stereocenters. The van der Waals surface area contributed by atoms with E-state index in [1.807, 2.05) is 0 Å². The van der Waals surface area contributed by atoms with Crippen LogP contribution in [0.1, 0.15) is 6.42 Å².